The van der Waals surface area contributed by atoms with Crippen molar-refractivity contribution in [1.82, 2.24) is 15.2 Å². The molecule has 52 heavy (non-hydrogen) atoms. The van der Waals surface area contributed by atoms with Gasteiger partial charge in [-0.3, -0.25) is 15.1 Å². The summed E-state index contributed by atoms with van der Waals surface area (Å²) >= 11 is 13.6. The Morgan fingerprint density at radius 2 is 1.71 bits per heavy atom. The highest BCUT2D eigenvalue weighted by atomic mass is 35.5. The second kappa shape index (κ2) is 18.4. The number of ether oxygens (including phenoxy) is 3. The molecule has 1 aliphatic heterocycles. The predicted molar refractivity (Wildman–Crippen MR) is 201 cm³/mol. The molecular weight excluding hydrogens is 703 g/mol. The van der Waals surface area contributed by atoms with Crippen LogP contribution in [-0.2, 0) is 24.6 Å². The first-order valence-corrected chi connectivity index (χ1v) is 18.1. The van der Waals surface area contributed by atoms with Gasteiger partial charge in [-0.2, -0.15) is 5.26 Å². The minimum Gasteiger partial charge on any atom is -0.492 e. The quantitative estimate of drug-likeness (QED) is 0.0928. The molecule has 0 spiro atoms. The monoisotopic (exact) mass is 746 g/mol. The van der Waals surface area contributed by atoms with Crippen molar-refractivity contribution < 1.29 is 29.2 Å². The predicted octanol–water partition coefficient (Wildman–Crippen LogP) is 7.57. The van der Waals surface area contributed by atoms with E-state index in [0.29, 0.717) is 50.6 Å². The highest BCUT2D eigenvalue weighted by molar-refractivity contribution is 6.35. The zero-order chi connectivity index (χ0) is 37.1. The number of halogens is 2. The molecule has 10 nitrogen and oxygen atoms in total. The molecule has 4 aromatic rings. The molecule has 1 fully saturated rings. The second-order valence-corrected chi connectivity index (χ2v) is 13.9. The number of nitriles is 1. The van der Waals surface area contributed by atoms with E-state index in [0.717, 1.165) is 48.3 Å². The van der Waals surface area contributed by atoms with Gasteiger partial charge in [-0.25, -0.2) is 0 Å². The number of carboxylic acid groups (broad SMARTS) is 1. The van der Waals surface area contributed by atoms with Crippen LogP contribution < -0.4 is 19.5 Å². The van der Waals surface area contributed by atoms with Gasteiger partial charge in [-0.1, -0.05) is 60.0 Å². The van der Waals surface area contributed by atoms with Crippen molar-refractivity contribution in [3.05, 3.63) is 105 Å². The number of benzene rings is 3. The zero-order valence-electron chi connectivity index (χ0n) is 29.5. The summed E-state index contributed by atoms with van der Waals surface area (Å²) in [6.07, 6.45) is 7.85. The van der Waals surface area contributed by atoms with Crippen LogP contribution in [0.5, 0.6) is 17.2 Å². The van der Waals surface area contributed by atoms with Crippen LogP contribution in [0.1, 0.15) is 60.4 Å². The van der Waals surface area contributed by atoms with Gasteiger partial charge in [0.15, 0.2) is 0 Å². The molecule has 0 unspecified atom stereocenters. The van der Waals surface area contributed by atoms with Crippen LogP contribution in [0.15, 0.2) is 67.0 Å². The SMILES string of the molecule is Cc1c(COc2cc(OCc3cncc(C#N)c3)c(CN[C@](C)(CO)C(=O)O)cc2Cl)cccc1-c1cccc(OCCCN2CCCCC2)c1Cl. The number of nitrogens with zero attached hydrogens (tertiary/aromatic N) is 3. The maximum atomic E-state index is 11.8. The van der Waals surface area contributed by atoms with E-state index in [9.17, 15) is 20.3 Å². The minimum atomic E-state index is -1.59. The lowest BCUT2D eigenvalue weighted by atomic mass is 9.96. The Balaban J connectivity index is 1.32. The van der Waals surface area contributed by atoms with Gasteiger partial charge in [0.25, 0.3) is 0 Å². The van der Waals surface area contributed by atoms with Gasteiger partial charge < -0.3 is 29.3 Å². The Labute approximate surface area is 314 Å². The zero-order valence-corrected chi connectivity index (χ0v) is 31.0. The topological polar surface area (TPSA) is 137 Å². The molecule has 5 rings (SSSR count). The summed E-state index contributed by atoms with van der Waals surface area (Å²) in [5.74, 6) is 0.190. The van der Waals surface area contributed by atoms with Crippen molar-refractivity contribution >= 4 is 29.2 Å². The summed E-state index contributed by atoms with van der Waals surface area (Å²) in [6.45, 7) is 7.02. The third kappa shape index (κ3) is 9.94. The third-order valence-electron chi connectivity index (χ3n) is 9.30. The van der Waals surface area contributed by atoms with Gasteiger partial charge in [-0.05, 0) is 81.1 Å². The number of aliphatic carboxylic acids is 1. The fourth-order valence-corrected chi connectivity index (χ4v) is 6.53. The fraction of sp³-hybridized carbons (Fsp3) is 0.375. The Morgan fingerprint density at radius 1 is 0.962 bits per heavy atom. The number of aliphatic hydroxyl groups excluding tert-OH is 1. The lowest BCUT2D eigenvalue weighted by molar-refractivity contribution is -0.145. The van der Waals surface area contributed by atoms with Crippen molar-refractivity contribution in [3.8, 4) is 34.4 Å². The smallest absolute Gasteiger partial charge is 0.326 e. The largest absolute Gasteiger partial charge is 0.492 e. The number of hydrogen-bond acceptors (Lipinski definition) is 9. The van der Waals surface area contributed by atoms with Gasteiger partial charge in [-0.15, -0.1) is 0 Å². The van der Waals surface area contributed by atoms with E-state index in [4.69, 9.17) is 37.4 Å². The van der Waals surface area contributed by atoms with Crippen LogP contribution in [0, 0.1) is 18.3 Å². The minimum absolute atomic E-state index is 0.0261. The average molecular weight is 748 g/mol. The molecule has 12 heteroatoms. The summed E-state index contributed by atoms with van der Waals surface area (Å²) in [5.41, 5.74) is 3.75. The van der Waals surface area contributed by atoms with Gasteiger partial charge >= 0.3 is 5.97 Å². The van der Waals surface area contributed by atoms with E-state index in [-0.39, 0.29) is 19.8 Å². The van der Waals surface area contributed by atoms with E-state index in [1.165, 1.54) is 32.4 Å². The maximum Gasteiger partial charge on any atom is 0.326 e. The molecule has 1 atom stereocenters. The Kier molecular flexibility index (Phi) is 13.8. The summed E-state index contributed by atoms with van der Waals surface area (Å²) in [4.78, 5) is 18.4. The number of nitrogens with one attached hydrogen (secondary N) is 1. The number of aliphatic hydroxyl groups is 1. The number of carbonyl (C=O) groups is 1. The van der Waals surface area contributed by atoms with Gasteiger partial charge in [0.1, 0.15) is 42.1 Å². The van der Waals surface area contributed by atoms with Crippen LogP contribution in [0.4, 0.5) is 0 Å². The number of rotatable bonds is 17. The van der Waals surface area contributed by atoms with Gasteiger partial charge in [0, 0.05) is 48.2 Å². The molecule has 3 aromatic carbocycles. The lowest BCUT2D eigenvalue weighted by Crippen LogP contribution is -2.52. The van der Waals surface area contributed by atoms with Gasteiger partial charge in [0.2, 0.25) is 0 Å². The standard InChI is InChI=1S/C40H44Cl2N4O6/c1-27-30(9-6-10-32(27)33-11-7-12-35(38(33)42)50-16-8-15-46-13-4-3-5-14-46)25-52-37-19-36(51-24-29-17-28(20-43)21-44-22-29)31(18-34(37)41)23-45-40(2,26-47)39(48)49/h6-7,9-12,17-19,21-22,45,47H,3-5,8,13-16,23-26H2,1-2H3,(H,48,49)/t40-/m1/s1. The molecule has 1 saturated heterocycles. The second-order valence-electron chi connectivity index (χ2n) is 13.1. The molecule has 0 bridgehead atoms. The van der Waals surface area contributed by atoms with Crippen LogP contribution in [0.25, 0.3) is 11.1 Å². The molecular formula is C40H44Cl2N4O6. The van der Waals surface area contributed by atoms with Gasteiger partial charge in [0.05, 0.1) is 28.8 Å². The van der Waals surface area contributed by atoms with Crippen molar-refractivity contribution in [2.24, 2.45) is 0 Å². The molecule has 0 aliphatic carbocycles. The molecule has 1 aromatic heterocycles. The van der Waals surface area contributed by atoms with E-state index < -0.39 is 18.1 Å². The number of piperidine rings is 1. The Morgan fingerprint density at radius 3 is 2.46 bits per heavy atom. The van der Waals surface area contributed by atoms with Crippen molar-refractivity contribution in [1.29, 1.82) is 5.26 Å². The molecule has 1 aliphatic rings. The summed E-state index contributed by atoms with van der Waals surface area (Å²) in [6, 6.07) is 18.8. The van der Waals surface area contributed by atoms with Crippen molar-refractivity contribution in [2.45, 2.75) is 64.8 Å². The van der Waals surface area contributed by atoms with Crippen LogP contribution in [-0.4, -0.2) is 64.5 Å². The molecule has 2 heterocycles. The van der Waals surface area contributed by atoms with E-state index in [2.05, 4.69) is 21.3 Å². The highest BCUT2D eigenvalue weighted by Gasteiger charge is 2.32. The number of aromatic nitrogens is 1. The van der Waals surface area contributed by atoms with Crippen LogP contribution in [0.3, 0.4) is 0 Å². The molecule has 0 amide bonds. The molecule has 274 valence electrons. The van der Waals surface area contributed by atoms with E-state index in [1.807, 2.05) is 43.3 Å². The highest BCUT2D eigenvalue weighted by Crippen LogP contribution is 2.39. The Bertz CT molecular complexity index is 1890. The Hall–Kier alpha value is -4.37. The first kappa shape index (κ1) is 38.9. The summed E-state index contributed by atoms with van der Waals surface area (Å²) in [5, 5.41) is 32.4. The normalized spacial score (nSPS) is 14.3. The number of carboxylic acids is 1. The summed E-state index contributed by atoms with van der Waals surface area (Å²) < 4.78 is 18.6. The van der Waals surface area contributed by atoms with Crippen molar-refractivity contribution in [3.63, 3.8) is 0 Å². The first-order valence-electron chi connectivity index (χ1n) is 17.4. The maximum absolute atomic E-state index is 11.8. The third-order valence-corrected chi connectivity index (χ3v) is 9.98. The number of likely N-dealkylation sites (tertiary alicyclic amines) is 1. The number of pyridine rings is 1. The number of hydrogen-bond donors (Lipinski definition) is 3. The van der Waals surface area contributed by atoms with Crippen LogP contribution in [0.2, 0.25) is 10.0 Å². The molecule has 0 saturated carbocycles. The fourth-order valence-electron chi connectivity index (χ4n) is 6.01. The lowest BCUT2D eigenvalue weighted by Gasteiger charge is -2.26. The first-order chi connectivity index (χ1) is 25.1. The van der Waals surface area contributed by atoms with E-state index in [1.54, 1.807) is 24.4 Å². The van der Waals surface area contributed by atoms with Crippen LogP contribution >= 0.6 is 23.2 Å². The average Bonchev–Trinajstić information content (AvgIpc) is 3.16. The molecule has 3 N–H and O–H groups in total. The van der Waals surface area contributed by atoms with Crippen molar-refractivity contribution in [2.75, 3.05) is 32.8 Å². The van der Waals surface area contributed by atoms with E-state index >= 15 is 0 Å². The molecule has 0 radical (unpaired) electrons. The summed E-state index contributed by atoms with van der Waals surface area (Å²) in [7, 11) is 0.